The second-order valence-corrected chi connectivity index (χ2v) is 3.80. The van der Waals surface area contributed by atoms with Gasteiger partial charge in [0.1, 0.15) is 12.4 Å². The van der Waals surface area contributed by atoms with E-state index in [1.807, 2.05) is 0 Å². The first-order valence-electron chi connectivity index (χ1n) is 5.79. The zero-order valence-electron chi connectivity index (χ0n) is 10.4. The zero-order valence-corrected chi connectivity index (χ0v) is 10.4. The minimum absolute atomic E-state index is 0.0482. The van der Waals surface area contributed by atoms with Crippen molar-refractivity contribution in [3.05, 3.63) is 29.8 Å². The number of halogens is 5. The Labute approximate surface area is 112 Å². The molecule has 0 fully saturated rings. The van der Waals surface area contributed by atoms with E-state index in [9.17, 15) is 22.0 Å². The van der Waals surface area contributed by atoms with Crippen LogP contribution in [-0.4, -0.2) is 32.5 Å². The van der Waals surface area contributed by atoms with Gasteiger partial charge in [-0.15, -0.1) is 13.2 Å². The quantitative estimate of drug-likeness (QED) is 0.591. The molecule has 0 saturated heterocycles. The van der Waals surface area contributed by atoms with Crippen LogP contribution in [0.3, 0.4) is 0 Å². The van der Waals surface area contributed by atoms with Crippen molar-refractivity contribution in [1.82, 2.24) is 5.32 Å². The summed E-state index contributed by atoms with van der Waals surface area (Å²) in [6.07, 6.45) is -7.29. The highest BCUT2D eigenvalue weighted by molar-refractivity contribution is 5.33. The third kappa shape index (κ3) is 7.25. The molecule has 0 radical (unpaired) electrons. The van der Waals surface area contributed by atoms with Gasteiger partial charge < -0.3 is 14.8 Å². The Morgan fingerprint density at radius 2 is 1.85 bits per heavy atom. The number of para-hydroxylation sites is 1. The molecule has 0 aliphatic carbocycles. The molecule has 0 saturated carbocycles. The van der Waals surface area contributed by atoms with E-state index in [0.717, 1.165) is 0 Å². The van der Waals surface area contributed by atoms with Crippen LogP contribution >= 0.6 is 0 Å². The van der Waals surface area contributed by atoms with Gasteiger partial charge in [-0.25, -0.2) is 8.78 Å². The lowest BCUT2D eigenvalue weighted by Crippen LogP contribution is -2.22. The van der Waals surface area contributed by atoms with Gasteiger partial charge in [0.25, 0.3) is 6.43 Å². The smallest absolute Gasteiger partial charge is 0.405 e. The van der Waals surface area contributed by atoms with Crippen molar-refractivity contribution in [3.63, 3.8) is 0 Å². The second kappa shape index (κ2) is 8.01. The van der Waals surface area contributed by atoms with Crippen LogP contribution in [0.4, 0.5) is 22.0 Å². The fraction of sp³-hybridized carbons (Fsp3) is 0.500. The molecule has 3 nitrogen and oxygen atoms in total. The first-order valence-corrected chi connectivity index (χ1v) is 5.79. The number of rotatable bonds is 8. The molecule has 0 bridgehead atoms. The summed E-state index contributed by atoms with van der Waals surface area (Å²) in [5.41, 5.74) is 0.318. The molecule has 20 heavy (non-hydrogen) atoms. The van der Waals surface area contributed by atoms with Gasteiger partial charge in [0.2, 0.25) is 0 Å². The van der Waals surface area contributed by atoms with Crippen LogP contribution in [0.25, 0.3) is 0 Å². The van der Waals surface area contributed by atoms with E-state index in [1.54, 1.807) is 6.07 Å². The van der Waals surface area contributed by atoms with Crippen molar-refractivity contribution in [2.75, 3.05) is 19.8 Å². The Kier molecular flexibility index (Phi) is 6.66. The van der Waals surface area contributed by atoms with Crippen molar-refractivity contribution in [2.24, 2.45) is 0 Å². The maximum atomic E-state index is 12.2. The van der Waals surface area contributed by atoms with Crippen molar-refractivity contribution in [3.8, 4) is 5.75 Å². The van der Waals surface area contributed by atoms with E-state index in [0.29, 0.717) is 5.56 Å². The maximum Gasteiger partial charge on any atom is 0.573 e. The summed E-state index contributed by atoms with van der Waals surface area (Å²) in [5.74, 6) is -0.291. The first-order chi connectivity index (χ1) is 9.38. The van der Waals surface area contributed by atoms with Crippen LogP contribution in [0, 0.1) is 0 Å². The minimum Gasteiger partial charge on any atom is -0.405 e. The van der Waals surface area contributed by atoms with Gasteiger partial charge in [-0.3, -0.25) is 0 Å². The molecule has 0 heterocycles. The van der Waals surface area contributed by atoms with Crippen molar-refractivity contribution < 1.29 is 31.4 Å². The van der Waals surface area contributed by atoms with Crippen LogP contribution in [0.2, 0.25) is 0 Å². The summed E-state index contributed by atoms with van der Waals surface area (Å²) in [5, 5.41) is 2.78. The van der Waals surface area contributed by atoms with E-state index in [-0.39, 0.29) is 25.4 Å². The Balaban J connectivity index is 2.36. The fourth-order valence-corrected chi connectivity index (χ4v) is 1.41. The lowest BCUT2D eigenvalue weighted by Gasteiger charge is -2.13. The molecule has 114 valence electrons. The molecule has 0 unspecified atom stereocenters. The van der Waals surface area contributed by atoms with E-state index < -0.39 is 19.4 Å². The predicted molar refractivity (Wildman–Crippen MR) is 61.7 cm³/mol. The van der Waals surface area contributed by atoms with Gasteiger partial charge in [0, 0.05) is 18.7 Å². The lowest BCUT2D eigenvalue weighted by molar-refractivity contribution is -0.274. The molecule has 0 spiro atoms. The van der Waals surface area contributed by atoms with Crippen molar-refractivity contribution in [2.45, 2.75) is 19.3 Å². The number of benzene rings is 1. The third-order valence-corrected chi connectivity index (χ3v) is 2.18. The van der Waals surface area contributed by atoms with Crippen LogP contribution in [0.15, 0.2) is 24.3 Å². The average Bonchev–Trinajstić information content (AvgIpc) is 2.33. The number of ether oxygens (including phenoxy) is 2. The number of hydrogen-bond donors (Lipinski definition) is 1. The molecular formula is C12H14F5NO2. The van der Waals surface area contributed by atoms with Crippen LogP contribution < -0.4 is 10.1 Å². The SMILES string of the molecule is FC(F)COCCNCc1ccccc1OC(F)(F)F. The van der Waals surface area contributed by atoms with Gasteiger partial charge in [0.05, 0.1) is 6.61 Å². The summed E-state index contributed by atoms with van der Waals surface area (Å²) in [7, 11) is 0. The van der Waals surface area contributed by atoms with Crippen LogP contribution in [0.5, 0.6) is 5.75 Å². The highest BCUT2D eigenvalue weighted by Crippen LogP contribution is 2.25. The van der Waals surface area contributed by atoms with E-state index in [2.05, 4.69) is 14.8 Å². The van der Waals surface area contributed by atoms with Gasteiger partial charge >= 0.3 is 6.36 Å². The standard InChI is InChI=1S/C12H14F5NO2/c13-11(14)8-19-6-5-18-7-9-3-1-2-4-10(9)20-12(15,16)17/h1-4,11,18H,5-8H2. The number of hydrogen-bond acceptors (Lipinski definition) is 3. The molecule has 0 aromatic heterocycles. The summed E-state index contributed by atoms with van der Waals surface area (Å²) >= 11 is 0. The molecule has 1 aromatic carbocycles. The molecule has 0 aliphatic heterocycles. The normalized spacial score (nSPS) is 11.9. The molecule has 1 rings (SSSR count). The van der Waals surface area contributed by atoms with Crippen LogP contribution in [-0.2, 0) is 11.3 Å². The van der Waals surface area contributed by atoms with Gasteiger partial charge in [-0.1, -0.05) is 18.2 Å². The predicted octanol–water partition coefficient (Wildman–Crippen LogP) is 2.96. The van der Waals surface area contributed by atoms with Gasteiger partial charge in [0.15, 0.2) is 0 Å². The van der Waals surface area contributed by atoms with E-state index in [1.165, 1.54) is 18.2 Å². The van der Waals surface area contributed by atoms with Gasteiger partial charge in [-0.05, 0) is 6.07 Å². The third-order valence-electron chi connectivity index (χ3n) is 2.18. The average molecular weight is 299 g/mol. The Hall–Kier alpha value is -1.41. The summed E-state index contributed by atoms with van der Waals surface area (Å²) < 4.78 is 68.5. The minimum atomic E-state index is -4.75. The number of alkyl halides is 5. The highest BCUT2D eigenvalue weighted by atomic mass is 19.4. The number of nitrogens with one attached hydrogen (secondary N) is 1. The Morgan fingerprint density at radius 1 is 1.15 bits per heavy atom. The largest absolute Gasteiger partial charge is 0.573 e. The summed E-state index contributed by atoms with van der Waals surface area (Å²) in [6.45, 7) is -0.251. The van der Waals surface area contributed by atoms with E-state index in [4.69, 9.17) is 0 Å². The monoisotopic (exact) mass is 299 g/mol. The van der Waals surface area contributed by atoms with Crippen molar-refractivity contribution in [1.29, 1.82) is 0 Å². The molecule has 0 aliphatic rings. The lowest BCUT2D eigenvalue weighted by atomic mass is 10.2. The molecule has 8 heteroatoms. The second-order valence-electron chi connectivity index (χ2n) is 3.80. The molecule has 1 N–H and O–H groups in total. The van der Waals surface area contributed by atoms with Crippen LogP contribution in [0.1, 0.15) is 5.56 Å². The first kappa shape index (κ1) is 16.6. The molecular weight excluding hydrogens is 285 g/mol. The maximum absolute atomic E-state index is 12.2. The van der Waals surface area contributed by atoms with Crippen molar-refractivity contribution >= 4 is 0 Å². The van der Waals surface area contributed by atoms with Gasteiger partial charge in [-0.2, -0.15) is 0 Å². The van der Waals surface area contributed by atoms with E-state index >= 15 is 0 Å². The zero-order chi connectivity index (χ0) is 15.0. The summed E-state index contributed by atoms with van der Waals surface area (Å²) in [6, 6.07) is 5.69. The summed E-state index contributed by atoms with van der Waals surface area (Å²) in [4.78, 5) is 0. The molecule has 0 atom stereocenters. The topological polar surface area (TPSA) is 30.5 Å². The Bertz CT molecular complexity index is 398. The fourth-order valence-electron chi connectivity index (χ4n) is 1.41. The highest BCUT2D eigenvalue weighted by Gasteiger charge is 2.31. The Morgan fingerprint density at radius 3 is 2.50 bits per heavy atom. The molecule has 1 aromatic rings. The molecule has 0 amide bonds.